The van der Waals surface area contributed by atoms with Crippen molar-refractivity contribution >= 4 is 6.08 Å². The van der Waals surface area contributed by atoms with Crippen molar-refractivity contribution in [3.63, 3.8) is 0 Å². The molecule has 2 nitrogen and oxygen atoms in total. The van der Waals surface area contributed by atoms with Gasteiger partial charge in [0, 0.05) is 18.4 Å². The molecule has 0 aromatic carbocycles. The Balaban J connectivity index is 2.83. The molecule has 0 saturated heterocycles. The van der Waals surface area contributed by atoms with Gasteiger partial charge in [-0.15, -0.1) is 0 Å². The van der Waals surface area contributed by atoms with Gasteiger partial charge in [-0.2, -0.15) is 0 Å². The van der Waals surface area contributed by atoms with Crippen molar-refractivity contribution < 1.29 is 0 Å². The first-order valence-electron chi connectivity index (χ1n) is 4.66. The highest BCUT2D eigenvalue weighted by molar-refractivity contribution is 5.53. The lowest BCUT2D eigenvalue weighted by Crippen LogP contribution is -1.95. The monoisotopic (exact) mass is 178 g/mol. The normalized spacial score (nSPS) is 11.4. The molecule has 1 aromatic heterocycles. The average Bonchev–Trinajstić information content (AvgIpc) is 2.34. The van der Waals surface area contributed by atoms with E-state index in [4.69, 9.17) is 5.73 Å². The number of aromatic nitrogens is 1. The molecule has 1 heterocycles. The molecule has 0 atom stereocenters. The van der Waals surface area contributed by atoms with Crippen LogP contribution in [0.1, 0.15) is 23.4 Å². The van der Waals surface area contributed by atoms with Crippen LogP contribution in [0.2, 0.25) is 0 Å². The second-order valence-corrected chi connectivity index (χ2v) is 3.37. The molecule has 0 saturated carbocycles. The summed E-state index contributed by atoms with van der Waals surface area (Å²) in [7, 11) is 2.09. The molecule has 0 unspecified atom stereocenters. The minimum Gasteiger partial charge on any atom is -0.352 e. The van der Waals surface area contributed by atoms with E-state index in [0.29, 0.717) is 0 Å². The topological polar surface area (TPSA) is 30.9 Å². The summed E-state index contributed by atoms with van der Waals surface area (Å²) < 4.78 is 2.20. The predicted octanol–water partition coefficient (Wildman–Crippen LogP) is 2.00. The second kappa shape index (κ2) is 4.28. The summed E-state index contributed by atoms with van der Waals surface area (Å²) in [5.41, 5.74) is 9.32. The van der Waals surface area contributed by atoms with Crippen molar-refractivity contribution in [1.82, 2.24) is 4.57 Å². The molecule has 72 valence electrons. The zero-order chi connectivity index (χ0) is 9.84. The van der Waals surface area contributed by atoms with Crippen LogP contribution in [0.4, 0.5) is 0 Å². The first-order chi connectivity index (χ1) is 6.16. The first kappa shape index (κ1) is 10.1. The highest BCUT2D eigenvalue weighted by Gasteiger charge is 2.01. The van der Waals surface area contributed by atoms with Crippen molar-refractivity contribution in [3.8, 4) is 0 Å². The molecule has 0 bridgehead atoms. The number of nitrogens with zero attached hydrogens (tertiary/aromatic N) is 1. The van der Waals surface area contributed by atoms with Gasteiger partial charge in [-0.25, -0.2) is 0 Å². The maximum atomic E-state index is 5.41. The van der Waals surface area contributed by atoms with Gasteiger partial charge in [-0.05, 0) is 38.4 Å². The van der Waals surface area contributed by atoms with Gasteiger partial charge in [0.1, 0.15) is 0 Å². The predicted molar refractivity (Wildman–Crippen MR) is 57.6 cm³/mol. The molecule has 1 aromatic rings. The Morgan fingerprint density at radius 2 is 2.15 bits per heavy atom. The lowest BCUT2D eigenvalue weighted by molar-refractivity contribution is 0.843. The van der Waals surface area contributed by atoms with Crippen LogP contribution in [0.25, 0.3) is 6.08 Å². The fourth-order valence-electron chi connectivity index (χ4n) is 1.36. The van der Waals surface area contributed by atoms with Crippen molar-refractivity contribution in [1.29, 1.82) is 0 Å². The lowest BCUT2D eigenvalue weighted by Gasteiger charge is -1.98. The van der Waals surface area contributed by atoms with E-state index in [9.17, 15) is 0 Å². The molecule has 0 aliphatic heterocycles. The van der Waals surface area contributed by atoms with Gasteiger partial charge in [-0.3, -0.25) is 0 Å². The minimum atomic E-state index is 0.724. The van der Waals surface area contributed by atoms with Crippen LogP contribution >= 0.6 is 0 Å². The van der Waals surface area contributed by atoms with E-state index in [1.807, 2.05) is 0 Å². The first-order valence-corrected chi connectivity index (χ1v) is 4.66. The molecule has 0 radical (unpaired) electrons. The van der Waals surface area contributed by atoms with E-state index in [1.54, 1.807) is 0 Å². The summed E-state index contributed by atoms with van der Waals surface area (Å²) in [6.07, 6.45) is 5.23. The quantitative estimate of drug-likeness (QED) is 0.754. The van der Waals surface area contributed by atoms with Crippen LogP contribution in [0.5, 0.6) is 0 Å². The van der Waals surface area contributed by atoms with Gasteiger partial charge in [0.2, 0.25) is 0 Å². The van der Waals surface area contributed by atoms with Crippen LogP contribution < -0.4 is 5.73 Å². The molecule has 0 aliphatic rings. The molecular formula is C11H18N2. The Morgan fingerprint density at radius 1 is 1.46 bits per heavy atom. The van der Waals surface area contributed by atoms with Crippen LogP contribution in [-0.4, -0.2) is 11.1 Å². The summed E-state index contributed by atoms with van der Waals surface area (Å²) in [5.74, 6) is 0. The van der Waals surface area contributed by atoms with Gasteiger partial charge in [0.25, 0.3) is 0 Å². The van der Waals surface area contributed by atoms with Crippen LogP contribution in [0.15, 0.2) is 12.1 Å². The Bertz CT molecular complexity index is 308. The highest BCUT2D eigenvalue weighted by Crippen LogP contribution is 2.14. The number of aryl methyl sites for hydroxylation is 1. The summed E-state index contributed by atoms with van der Waals surface area (Å²) in [4.78, 5) is 0. The third-order valence-corrected chi connectivity index (χ3v) is 2.45. The van der Waals surface area contributed by atoms with E-state index in [2.05, 4.69) is 43.7 Å². The third-order valence-electron chi connectivity index (χ3n) is 2.45. The molecule has 1 rings (SSSR count). The van der Waals surface area contributed by atoms with E-state index < -0.39 is 0 Å². The molecular weight excluding hydrogens is 160 g/mol. The van der Waals surface area contributed by atoms with Gasteiger partial charge in [0.05, 0.1) is 0 Å². The van der Waals surface area contributed by atoms with Crippen molar-refractivity contribution in [2.45, 2.75) is 20.3 Å². The van der Waals surface area contributed by atoms with E-state index in [1.165, 1.54) is 17.0 Å². The molecule has 0 fully saturated rings. The molecule has 13 heavy (non-hydrogen) atoms. The van der Waals surface area contributed by atoms with Gasteiger partial charge in [-0.1, -0.05) is 12.2 Å². The van der Waals surface area contributed by atoms with Crippen LogP contribution in [0.3, 0.4) is 0 Å². The molecule has 0 aliphatic carbocycles. The van der Waals surface area contributed by atoms with Crippen molar-refractivity contribution in [2.75, 3.05) is 6.54 Å². The summed E-state index contributed by atoms with van der Waals surface area (Å²) in [6.45, 7) is 4.98. The molecule has 2 N–H and O–H groups in total. The molecule has 0 spiro atoms. The molecule has 0 amide bonds. The number of hydrogen-bond acceptors (Lipinski definition) is 1. The number of hydrogen-bond donors (Lipinski definition) is 1. The fraction of sp³-hybridized carbons (Fsp3) is 0.455. The smallest absolute Gasteiger partial charge is 0.0215 e. The molecule has 2 heteroatoms. The number of nitrogens with two attached hydrogens (primary N) is 1. The van der Waals surface area contributed by atoms with Crippen molar-refractivity contribution in [2.24, 2.45) is 12.8 Å². The second-order valence-electron chi connectivity index (χ2n) is 3.37. The summed E-state index contributed by atoms with van der Waals surface area (Å²) >= 11 is 0. The highest BCUT2D eigenvalue weighted by atomic mass is 14.9. The van der Waals surface area contributed by atoms with E-state index >= 15 is 0 Å². The maximum Gasteiger partial charge on any atom is 0.0215 e. The Labute approximate surface area is 80.1 Å². The Morgan fingerprint density at radius 3 is 2.62 bits per heavy atom. The van der Waals surface area contributed by atoms with E-state index in [-0.39, 0.29) is 0 Å². The minimum absolute atomic E-state index is 0.724. The lowest BCUT2D eigenvalue weighted by atomic mass is 10.2. The maximum absolute atomic E-state index is 5.41. The Kier molecular flexibility index (Phi) is 3.32. The number of rotatable bonds is 3. The summed E-state index contributed by atoms with van der Waals surface area (Å²) in [5, 5.41) is 0. The van der Waals surface area contributed by atoms with Gasteiger partial charge >= 0.3 is 0 Å². The average molecular weight is 178 g/mol. The zero-order valence-electron chi connectivity index (χ0n) is 8.67. The zero-order valence-corrected chi connectivity index (χ0v) is 8.67. The van der Waals surface area contributed by atoms with Crippen LogP contribution in [-0.2, 0) is 7.05 Å². The third kappa shape index (κ3) is 2.22. The van der Waals surface area contributed by atoms with Crippen molar-refractivity contribution in [3.05, 3.63) is 29.1 Å². The standard InChI is InChI=1S/C11H18N2/c1-9-8-11(6-4-5-7-12)10(2)13(9)3/h4,6,8H,5,7,12H2,1-3H3. The van der Waals surface area contributed by atoms with Gasteiger partial charge < -0.3 is 10.3 Å². The SMILES string of the molecule is Cc1cc(C=CCCN)c(C)n1C. The van der Waals surface area contributed by atoms with E-state index in [0.717, 1.165) is 13.0 Å². The Hall–Kier alpha value is -1.02. The van der Waals surface area contributed by atoms with Gasteiger partial charge in [0.15, 0.2) is 0 Å². The van der Waals surface area contributed by atoms with Crippen LogP contribution in [0, 0.1) is 13.8 Å². The summed E-state index contributed by atoms with van der Waals surface area (Å²) in [6, 6.07) is 2.20. The largest absolute Gasteiger partial charge is 0.352 e. The fourth-order valence-corrected chi connectivity index (χ4v) is 1.36.